The normalized spacial score (nSPS) is 20.0. The van der Waals surface area contributed by atoms with Gasteiger partial charge in [-0.15, -0.1) is 0 Å². The first kappa shape index (κ1) is 19.4. The Morgan fingerprint density at radius 1 is 1.35 bits per heavy atom. The standard InChI is InChI=1S/C7H13BrO2.C7H14N2O/c1-4-10-7(9)6(8)5(2)3;1-5(2)6-7(10)9-4-3-8-6/h5-6H,4H2,1-3H3;5-6,8H,3-4H2,1-2H3,(H,9,10). The number of hydrogen-bond donors (Lipinski definition) is 2. The van der Waals surface area contributed by atoms with E-state index in [2.05, 4.69) is 26.6 Å². The highest BCUT2D eigenvalue weighted by atomic mass is 79.9. The number of rotatable bonds is 4. The largest absolute Gasteiger partial charge is 0.465 e. The lowest BCUT2D eigenvalue weighted by molar-refractivity contribution is -0.143. The van der Waals surface area contributed by atoms with Crippen LogP contribution in [0.15, 0.2) is 0 Å². The topological polar surface area (TPSA) is 67.4 Å². The lowest BCUT2D eigenvalue weighted by Crippen LogP contribution is -2.55. The second kappa shape index (κ2) is 10.2. The molecule has 2 N–H and O–H groups in total. The minimum absolute atomic E-state index is 0.0220. The van der Waals surface area contributed by atoms with Gasteiger partial charge in [0.05, 0.1) is 12.6 Å². The van der Waals surface area contributed by atoms with Gasteiger partial charge in [-0.3, -0.25) is 9.59 Å². The highest BCUT2D eigenvalue weighted by Gasteiger charge is 2.23. The first-order valence-corrected chi connectivity index (χ1v) is 8.04. The number of esters is 1. The summed E-state index contributed by atoms with van der Waals surface area (Å²) in [4.78, 5) is 21.8. The Bertz CT molecular complexity index is 303. The molecule has 0 aromatic carbocycles. The second-order valence-electron chi connectivity index (χ2n) is 5.36. The van der Waals surface area contributed by atoms with Gasteiger partial charge >= 0.3 is 5.97 Å². The zero-order valence-corrected chi connectivity index (χ0v) is 14.6. The van der Waals surface area contributed by atoms with Gasteiger partial charge in [0.2, 0.25) is 5.91 Å². The monoisotopic (exact) mass is 350 g/mol. The van der Waals surface area contributed by atoms with Crippen LogP contribution in [0.1, 0.15) is 34.6 Å². The summed E-state index contributed by atoms with van der Waals surface area (Å²) in [5.74, 6) is 0.651. The molecule has 5 nitrogen and oxygen atoms in total. The molecule has 6 heteroatoms. The Morgan fingerprint density at radius 2 is 1.95 bits per heavy atom. The molecule has 1 fully saturated rings. The van der Waals surface area contributed by atoms with Crippen LogP contribution >= 0.6 is 15.9 Å². The molecule has 1 rings (SSSR count). The van der Waals surface area contributed by atoms with Crippen LogP contribution in [0.4, 0.5) is 0 Å². The molecule has 0 aromatic heterocycles. The number of carbonyl (C=O) groups excluding carboxylic acids is 2. The lowest BCUT2D eigenvalue weighted by Gasteiger charge is -2.26. The molecule has 1 amide bonds. The summed E-state index contributed by atoms with van der Waals surface area (Å²) in [7, 11) is 0. The van der Waals surface area contributed by atoms with Crippen LogP contribution in [0, 0.1) is 11.8 Å². The molecule has 0 aliphatic carbocycles. The molecule has 2 unspecified atom stereocenters. The van der Waals surface area contributed by atoms with Crippen molar-refractivity contribution in [3.05, 3.63) is 0 Å². The van der Waals surface area contributed by atoms with Crippen molar-refractivity contribution in [1.82, 2.24) is 10.6 Å². The van der Waals surface area contributed by atoms with E-state index in [1.54, 1.807) is 6.92 Å². The van der Waals surface area contributed by atoms with Gasteiger partial charge in [-0.25, -0.2) is 0 Å². The third-order valence-corrected chi connectivity index (χ3v) is 4.27. The van der Waals surface area contributed by atoms with E-state index < -0.39 is 0 Å². The van der Waals surface area contributed by atoms with E-state index in [0.29, 0.717) is 18.4 Å². The third kappa shape index (κ3) is 7.24. The summed E-state index contributed by atoms with van der Waals surface area (Å²) >= 11 is 3.23. The molecule has 0 spiro atoms. The lowest BCUT2D eigenvalue weighted by atomic mass is 10.0. The summed E-state index contributed by atoms with van der Waals surface area (Å²) in [6.45, 7) is 11.9. The summed E-state index contributed by atoms with van der Waals surface area (Å²) < 4.78 is 4.78. The van der Waals surface area contributed by atoms with Gasteiger partial charge in [-0.05, 0) is 18.8 Å². The van der Waals surface area contributed by atoms with Crippen molar-refractivity contribution in [3.8, 4) is 0 Å². The van der Waals surface area contributed by atoms with Crippen LogP contribution in [0.5, 0.6) is 0 Å². The van der Waals surface area contributed by atoms with Crippen LogP contribution < -0.4 is 10.6 Å². The molecule has 1 saturated heterocycles. The first-order chi connectivity index (χ1) is 9.31. The average Bonchev–Trinajstić information content (AvgIpc) is 2.39. The van der Waals surface area contributed by atoms with Crippen molar-refractivity contribution in [2.24, 2.45) is 11.8 Å². The number of amides is 1. The van der Waals surface area contributed by atoms with E-state index in [1.807, 2.05) is 27.7 Å². The van der Waals surface area contributed by atoms with Crippen molar-refractivity contribution in [2.45, 2.75) is 45.5 Å². The van der Waals surface area contributed by atoms with Crippen LogP contribution in [0.3, 0.4) is 0 Å². The molecule has 20 heavy (non-hydrogen) atoms. The molecule has 118 valence electrons. The highest BCUT2D eigenvalue weighted by Crippen LogP contribution is 2.13. The van der Waals surface area contributed by atoms with Gasteiger partial charge in [0.1, 0.15) is 4.83 Å². The first-order valence-electron chi connectivity index (χ1n) is 7.13. The SMILES string of the molecule is CC(C)C1NCCNC1=O.CCOC(=O)C(Br)C(C)C. The molecule has 0 radical (unpaired) electrons. The van der Waals surface area contributed by atoms with Crippen LogP contribution in [0.25, 0.3) is 0 Å². The molecule has 0 saturated carbocycles. The van der Waals surface area contributed by atoms with Gasteiger partial charge < -0.3 is 15.4 Å². The quantitative estimate of drug-likeness (QED) is 0.598. The van der Waals surface area contributed by atoms with Crippen molar-refractivity contribution in [3.63, 3.8) is 0 Å². The van der Waals surface area contributed by atoms with Crippen LogP contribution in [-0.4, -0.2) is 42.4 Å². The number of alkyl halides is 1. The van der Waals surface area contributed by atoms with Crippen molar-refractivity contribution >= 4 is 27.8 Å². The summed E-state index contributed by atoms with van der Waals surface area (Å²) in [6.07, 6.45) is 0. The van der Waals surface area contributed by atoms with Crippen LogP contribution in [-0.2, 0) is 14.3 Å². The average molecular weight is 351 g/mol. The maximum absolute atomic E-state index is 11.1. The Balaban J connectivity index is 0.000000361. The van der Waals surface area contributed by atoms with E-state index in [1.165, 1.54) is 0 Å². The predicted octanol–water partition coefficient (Wildman–Crippen LogP) is 1.70. The second-order valence-corrected chi connectivity index (χ2v) is 6.35. The number of carbonyl (C=O) groups is 2. The number of halogens is 1. The molecular formula is C14H27BrN2O3. The van der Waals surface area contributed by atoms with Crippen LogP contribution in [0.2, 0.25) is 0 Å². The zero-order chi connectivity index (χ0) is 15.7. The van der Waals surface area contributed by atoms with Gasteiger partial charge in [-0.2, -0.15) is 0 Å². The fraction of sp³-hybridized carbons (Fsp3) is 0.857. The van der Waals surface area contributed by atoms with E-state index >= 15 is 0 Å². The van der Waals surface area contributed by atoms with E-state index in [4.69, 9.17) is 4.74 Å². The molecule has 1 aliphatic rings. The molecule has 1 aliphatic heterocycles. The molecule has 0 bridgehead atoms. The maximum Gasteiger partial charge on any atom is 0.319 e. The van der Waals surface area contributed by atoms with Crippen molar-refractivity contribution in [1.29, 1.82) is 0 Å². The Hall–Kier alpha value is -0.620. The number of ether oxygens (including phenoxy) is 1. The van der Waals surface area contributed by atoms with E-state index in [9.17, 15) is 9.59 Å². The predicted molar refractivity (Wildman–Crippen MR) is 83.8 cm³/mol. The van der Waals surface area contributed by atoms with Crippen molar-refractivity contribution < 1.29 is 14.3 Å². The number of hydrogen-bond acceptors (Lipinski definition) is 4. The fourth-order valence-electron chi connectivity index (χ4n) is 1.65. The Morgan fingerprint density at radius 3 is 2.30 bits per heavy atom. The third-order valence-electron chi connectivity index (χ3n) is 2.83. The van der Waals surface area contributed by atoms with Gasteiger partial charge in [0.25, 0.3) is 0 Å². The van der Waals surface area contributed by atoms with Gasteiger partial charge in [0.15, 0.2) is 0 Å². The van der Waals surface area contributed by atoms with E-state index in [-0.39, 0.29) is 22.7 Å². The smallest absolute Gasteiger partial charge is 0.319 e. The van der Waals surface area contributed by atoms with Crippen molar-refractivity contribution in [2.75, 3.05) is 19.7 Å². The molecular weight excluding hydrogens is 324 g/mol. The van der Waals surface area contributed by atoms with Gasteiger partial charge in [0, 0.05) is 13.1 Å². The fourth-order valence-corrected chi connectivity index (χ4v) is 1.78. The van der Waals surface area contributed by atoms with Gasteiger partial charge in [-0.1, -0.05) is 43.6 Å². The molecule has 0 aromatic rings. The Kier molecular flexibility index (Phi) is 9.84. The summed E-state index contributed by atoms with van der Waals surface area (Å²) in [5, 5.41) is 5.97. The molecule has 2 atom stereocenters. The molecule has 1 heterocycles. The Labute approximate surface area is 130 Å². The minimum Gasteiger partial charge on any atom is -0.465 e. The number of nitrogens with one attached hydrogen (secondary N) is 2. The summed E-state index contributed by atoms with van der Waals surface area (Å²) in [6, 6.07) is 0.0220. The minimum atomic E-state index is -0.169. The highest BCUT2D eigenvalue weighted by molar-refractivity contribution is 9.10. The summed E-state index contributed by atoms with van der Waals surface area (Å²) in [5.41, 5.74) is 0. The van der Waals surface area contributed by atoms with E-state index in [0.717, 1.165) is 13.1 Å². The maximum atomic E-state index is 11.1. The number of piperazine rings is 1. The zero-order valence-electron chi connectivity index (χ0n) is 13.0.